The molecule has 16 heavy (non-hydrogen) atoms. The van der Waals surface area contributed by atoms with Gasteiger partial charge in [0.25, 0.3) is 0 Å². The Morgan fingerprint density at radius 2 is 1.88 bits per heavy atom. The van der Waals surface area contributed by atoms with Crippen LogP contribution in [0.4, 0.5) is 0 Å². The van der Waals surface area contributed by atoms with E-state index in [1.807, 2.05) is 24.3 Å². The van der Waals surface area contributed by atoms with E-state index < -0.39 is 0 Å². The minimum Gasteiger partial charge on any atom is -0.490 e. The Morgan fingerprint density at radius 3 is 2.56 bits per heavy atom. The van der Waals surface area contributed by atoms with Crippen LogP contribution in [0.25, 0.3) is 0 Å². The number of hydrogen-bond donors (Lipinski definition) is 1. The molecule has 1 aliphatic carbocycles. The molecule has 3 heteroatoms. The average Bonchev–Trinajstić information content (AvgIpc) is 2.33. The van der Waals surface area contributed by atoms with Gasteiger partial charge >= 0.3 is 0 Å². The zero-order chi connectivity index (χ0) is 11.4. The van der Waals surface area contributed by atoms with Crippen LogP contribution in [0.2, 0.25) is 5.02 Å². The van der Waals surface area contributed by atoms with Gasteiger partial charge in [-0.15, -0.1) is 0 Å². The lowest BCUT2D eigenvalue weighted by atomic mass is 9.86. The van der Waals surface area contributed by atoms with Gasteiger partial charge in [-0.2, -0.15) is 0 Å². The molecule has 2 nitrogen and oxygen atoms in total. The van der Waals surface area contributed by atoms with Gasteiger partial charge in [0.2, 0.25) is 0 Å². The molecule has 0 spiro atoms. The summed E-state index contributed by atoms with van der Waals surface area (Å²) in [6, 6.07) is 7.56. The van der Waals surface area contributed by atoms with E-state index in [1.165, 1.54) is 19.3 Å². The molecular weight excluding hydrogens is 222 g/mol. The minimum absolute atomic E-state index is 0.278. The third-order valence-corrected chi connectivity index (χ3v) is 3.50. The van der Waals surface area contributed by atoms with E-state index in [0.29, 0.717) is 5.92 Å². The molecule has 0 amide bonds. The zero-order valence-electron chi connectivity index (χ0n) is 9.36. The average molecular weight is 240 g/mol. The van der Waals surface area contributed by atoms with Crippen LogP contribution >= 0.6 is 11.6 Å². The van der Waals surface area contributed by atoms with Crippen LogP contribution in [0.5, 0.6) is 5.75 Å². The van der Waals surface area contributed by atoms with Gasteiger partial charge in [-0.05, 0) is 50.1 Å². The quantitative estimate of drug-likeness (QED) is 0.879. The molecule has 2 N–H and O–H groups in total. The smallest absolute Gasteiger partial charge is 0.119 e. The van der Waals surface area contributed by atoms with Gasteiger partial charge in [-0.25, -0.2) is 0 Å². The van der Waals surface area contributed by atoms with Gasteiger partial charge in [0.05, 0.1) is 0 Å². The summed E-state index contributed by atoms with van der Waals surface area (Å²) < 4.78 is 5.98. The fourth-order valence-electron chi connectivity index (χ4n) is 2.29. The summed E-state index contributed by atoms with van der Waals surface area (Å²) in [6.07, 6.45) is 5.11. The van der Waals surface area contributed by atoms with Crippen LogP contribution in [0.1, 0.15) is 25.7 Å². The molecule has 0 aliphatic heterocycles. The first kappa shape index (κ1) is 11.7. The Labute approximate surface area is 102 Å². The Kier molecular flexibility index (Phi) is 4.08. The molecule has 1 aromatic rings. The Morgan fingerprint density at radius 1 is 1.19 bits per heavy atom. The number of rotatable bonds is 3. The molecule has 2 atom stereocenters. The highest BCUT2D eigenvalue weighted by atomic mass is 35.5. The second-order valence-corrected chi connectivity index (χ2v) is 4.83. The molecule has 0 aromatic heterocycles. The number of halogens is 1. The largest absolute Gasteiger partial charge is 0.490 e. The van der Waals surface area contributed by atoms with Gasteiger partial charge in [-0.3, -0.25) is 0 Å². The highest BCUT2D eigenvalue weighted by molar-refractivity contribution is 6.30. The van der Waals surface area contributed by atoms with Gasteiger partial charge in [0.15, 0.2) is 0 Å². The fraction of sp³-hybridized carbons (Fsp3) is 0.538. The van der Waals surface area contributed by atoms with Crippen molar-refractivity contribution in [2.45, 2.75) is 31.8 Å². The standard InChI is InChI=1S/C13H18ClNO/c14-11-5-7-12(8-6-11)16-13-4-2-1-3-10(13)9-15/h5-8,10,13H,1-4,9,15H2. The predicted octanol–water partition coefficient (Wildman–Crippen LogP) is 3.24. The molecule has 1 aliphatic rings. The summed E-state index contributed by atoms with van der Waals surface area (Å²) in [6.45, 7) is 0.720. The van der Waals surface area contributed by atoms with Crippen LogP contribution in [0, 0.1) is 5.92 Å². The first-order valence-electron chi connectivity index (χ1n) is 5.92. The van der Waals surface area contributed by atoms with Crippen LogP contribution in [-0.2, 0) is 0 Å². The summed E-state index contributed by atoms with van der Waals surface area (Å²) >= 11 is 5.83. The van der Waals surface area contributed by atoms with E-state index in [9.17, 15) is 0 Å². The third-order valence-electron chi connectivity index (χ3n) is 3.24. The molecule has 0 radical (unpaired) electrons. The number of ether oxygens (including phenoxy) is 1. The predicted molar refractivity (Wildman–Crippen MR) is 66.9 cm³/mol. The van der Waals surface area contributed by atoms with E-state index in [4.69, 9.17) is 22.1 Å². The van der Waals surface area contributed by atoms with Crippen molar-refractivity contribution < 1.29 is 4.74 Å². The molecule has 1 aromatic carbocycles. The lowest BCUT2D eigenvalue weighted by Gasteiger charge is -2.31. The van der Waals surface area contributed by atoms with Crippen molar-refractivity contribution >= 4 is 11.6 Å². The summed E-state index contributed by atoms with van der Waals surface area (Å²) in [5.74, 6) is 1.40. The molecule has 1 saturated carbocycles. The summed E-state index contributed by atoms with van der Waals surface area (Å²) in [5, 5.41) is 0.742. The molecule has 0 bridgehead atoms. The van der Waals surface area contributed by atoms with Gasteiger partial charge < -0.3 is 10.5 Å². The highest BCUT2D eigenvalue weighted by Crippen LogP contribution is 2.28. The maximum atomic E-state index is 5.98. The molecule has 1 fully saturated rings. The summed E-state index contributed by atoms with van der Waals surface area (Å²) in [4.78, 5) is 0. The molecule has 88 valence electrons. The first-order valence-corrected chi connectivity index (χ1v) is 6.29. The van der Waals surface area contributed by atoms with Crippen LogP contribution < -0.4 is 10.5 Å². The minimum atomic E-state index is 0.278. The Bertz CT molecular complexity index is 325. The SMILES string of the molecule is NCC1CCCCC1Oc1ccc(Cl)cc1. The van der Waals surface area contributed by atoms with Gasteiger partial charge in [0, 0.05) is 10.9 Å². The van der Waals surface area contributed by atoms with Gasteiger partial charge in [-0.1, -0.05) is 18.0 Å². The van der Waals surface area contributed by atoms with Crippen LogP contribution in [0.15, 0.2) is 24.3 Å². The van der Waals surface area contributed by atoms with E-state index >= 15 is 0 Å². The van der Waals surface area contributed by atoms with Crippen LogP contribution in [0.3, 0.4) is 0 Å². The van der Waals surface area contributed by atoms with Crippen molar-refractivity contribution in [2.24, 2.45) is 11.7 Å². The number of benzene rings is 1. The summed E-state index contributed by atoms with van der Waals surface area (Å²) in [7, 11) is 0. The molecule has 2 unspecified atom stereocenters. The maximum Gasteiger partial charge on any atom is 0.119 e. The summed E-state index contributed by atoms with van der Waals surface area (Å²) in [5.41, 5.74) is 5.77. The monoisotopic (exact) mass is 239 g/mol. The van der Waals surface area contributed by atoms with Gasteiger partial charge in [0.1, 0.15) is 11.9 Å². The van der Waals surface area contributed by atoms with E-state index in [0.717, 1.165) is 23.7 Å². The lowest BCUT2D eigenvalue weighted by Crippen LogP contribution is -2.35. The van der Waals surface area contributed by atoms with Crippen molar-refractivity contribution in [3.8, 4) is 5.75 Å². The highest BCUT2D eigenvalue weighted by Gasteiger charge is 2.25. The van der Waals surface area contributed by atoms with Crippen LogP contribution in [-0.4, -0.2) is 12.6 Å². The third kappa shape index (κ3) is 2.89. The number of hydrogen-bond acceptors (Lipinski definition) is 2. The second kappa shape index (κ2) is 5.55. The topological polar surface area (TPSA) is 35.2 Å². The van der Waals surface area contributed by atoms with E-state index in [-0.39, 0.29) is 6.10 Å². The van der Waals surface area contributed by atoms with Crippen molar-refractivity contribution in [3.05, 3.63) is 29.3 Å². The molecule has 2 rings (SSSR count). The Balaban J connectivity index is 1.99. The van der Waals surface area contributed by atoms with Crippen molar-refractivity contribution in [1.29, 1.82) is 0 Å². The Hall–Kier alpha value is -0.730. The first-order chi connectivity index (χ1) is 7.79. The maximum absolute atomic E-state index is 5.98. The normalized spacial score (nSPS) is 25.4. The van der Waals surface area contributed by atoms with E-state index in [2.05, 4.69) is 0 Å². The number of nitrogens with two attached hydrogens (primary N) is 1. The zero-order valence-corrected chi connectivity index (χ0v) is 10.1. The van der Waals surface area contributed by atoms with E-state index in [1.54, 1.807) is 0 Å². The lowest BCUT2D eigenvalue weighted by molar-refractivity contribution is 0.0970. The molecule has 0 heterocycles. The molecular formula is C13H18ClNO. The fourth-order valence-corrected chi connectivity index (χ4v) is 2.41. The second-order valence-electron chi connectivity index (χ2n) is 4.39. The molecule has 0 saturated heterocycles. The van der Waals surface area contributed by atoms with Crippen molar-refractivity contribution in [1.82, 2.24) is 0 Å². The van der Waals surface area contributed by atoms with Crippen molar-refractivity contribution in [2.75, 3.05) is 6.54 Å². The van der Waals surface area contributed by atoms with Crippen molar-refractivity contribution in [3.63, 3.8) is 0 Å².